The summed E-state index contributed by atoms with van der Waals surface area (Å²) in [6.45, 7) is 6.02. The Balaban J connectivity index is 1.87. The molecule has 1 fully saturated rings. The van der Waals surface area contributed by atoms with Gasteiger partial charge in [0, 0.05) is 23.9 Å². The van der Waals surface area contributed by atoms with E-state index in [1.165, 1.54) is 0 Å². The van der Waals surface area contributed by atoms with Gasteiger partial charge in [0.05, 0.1) is 12.1 Å². The summed E-state index contributed by atoms with van der Waals surface area (Å²) in [6, 6.07) is 9.95. The largest absolute Gasteiger partial charge is 0.391 e. The molecule has 1 heterocycles. The number of nitrogens with zero attached hydrogens (tertiary/aromatic N) is 3. The molecular weight excluding hydrogens is 328 g/mol. The van der Waals surface area contributed by atoms with Crippen molar-refractivity contribution in [1.29, 1.82) is 0 Å². The Morgan fingerprint density at radius 3 is 2.69 bits per heavy atom. The predicted octanol–water partition coefficient (Wildman–Crippen LogP) is 3.05. The zero-order valence-electron chi connectivity index (χ0n) is 15.7. The normalized spacial score (nSPS) is 23.2. The van der Waals surface area contributed by atoms with Gasteiger partial charge in [-0.1, -0.05) is 37.3 Å². The summed E-state index contributed by atoms with van der Waals surface area (Å²) >= 11 is 0. The third-order valence-corrected chi connectivity index (χ3v) is 5.03. The van der Waals surface area contributed by atoms with Crippen molar-refractivity contribution in [3.05, 3.63) is 36.2 Å². The second-order valence-electron chi connectivity index (χ2n) is 7.30. The average Bonchev–Trinajstić information content (AvgIpc) is 3.10. The van der Waals surface area contributed by atoms with Crippen LogP contribution in [0.25, 0.3) is 11.4 Å². The van der Waals surface area contributed by atoms with E-state index in [0.29, 0.717) is 19.3 Å². The third kappa shape index (κ3) is 3.96. The molecule has 1 amide bonds. The summed E-state index contributed by atoms with van der Waals surface area (Å²) in [4.78, 5) is 16.6. The van der Waals surface area contributed by atoms with Gasteiger partial charge in [0.1, 0.15) is 5.82 Å². The minimum absolute atomic E-state index is 0.0231. The molecule has 1 aromatic carbocycles. The first-order valence-corrected chi connectivity index (χ1v) is 9.48. The van der Waals surface area contributed by atoms with Crippen molar-refractivity contribution in [1.82, 2.24) is 20.1 Å². The third-order valence-electron chi connectivity index (χ3n) is 5.03. The SMILES string of the molecule is CCC(=O)N[C@@H]1C[C@@H](c2nc(-c3ccccc3)nn2C(C)C)CC[C@H]1O. The molecule has 0 spiro atoms. The van der Waals surface area contributed by atoms with Gasteiger partial charge in [-0.05, 0) is 33.1 Å². The molecule has 1 aliphatic rings. The molecule has 26 heavy (non-hydrogen) atoms. The fourth-order valence-corrected chi connectivity index (χ4v) is 3.56. The molecule has 140 valence electrons. The summed E-state index contributed by atoms with van der Waals surface area (Å²) in [5.74, 6) is 1.83. The lowest BCUT2D eigenvalue weighted by Gasteiger charge is -2.33. The van der Waals surface area contributed by atoms with Crippen molar-refractivity contribution in [3.8, 4) is 11.4 Å². The molecule has 1 aromatic heterocycles. The molecule has 0 aliphatic heterocycles. The van der Waals surface area contributed by atoms with Gasteiger partial charge in [-0.25, -0.2) is 9.67 Å². The van der Waals surface area contributed by atoms with Crippen molar-refractivity contribution >= 4 is 5.91 Å². The Hall–Kier alpha value is -2.21. The number of aromatic nitrogens is 3. The number of hydrogen-bond donors (Lipinski definition) is 2. The Labute approximate surface area is 154 Å². The molecule has 1 aliphatic carbocycles. The van der Waals surface area contributed by atoms with Gasteiger partial charge in [-0.15, -0.1) is 0 Å². The van der Waals surface area contributed by atoms with Crippen LogP contribution in [0, 0.1) is 0 Å². The molecular formula is C20H28N4O2. The van der Waals surface area contributed by atoms with Crippen LogP contribution in [-0.2, 0) is 4.79 Å². The molecule has 1 saturated carbocycles. The summed E-state index contributed by atoms with van der Waals surface area (Å²) in [6.07, 6.45) is 2.12. The summed E-state index contributed by atoms with van der Waals surface area (Å²) in [5.41, 5.74) is 1.000. The second kappa shape index (κ2) is 7.99. The fraction of sp³-hybridized carbons (Fsp3) is 0.550. The van der Waals surface area contributed by atoms with Crippen molar-refractivity contribution < 1.29 is 9.90 Å². The minimum Gasteiger partial charge on any atom is -0.391 e. The highest BCUT2D eigenvalue weighted by Crippen LogP contribution is 2.34. The van der Waals surface area contributed by atoms with E-state index >= 15 is 0 Å². The van der Waals surface area contributed by atoms with E-state index in [1.54, 1.807) is 0 Å². The van der Waals surface area contributed by atoms with Crippen LogP contribution in [0.3, 0.4) is 0 Å². The van der Waals surface area contributed by atoms with E-state index in [1.807, 2.05) is 41.9 Å². The topological polar surface area (TPSA) is 80.0 Å². The zero-order valence-corrected chi connectivity index (χ0v) is 15.7. The van der Waals surface area contributed by atoms with Crippen LogP contribution < -0.4 is 5.32 Å². The molecule has 0 radical (unpaired) electrons. The van der Waals surface area contributed by atoms with Gasteiger partial charge in [0.2, 0.25) is 5.91 Å². The Bertz CT molecular complexity index is 742. The van der Waals surface area contributed by atoms with Gasteiger partial charge < -0.3 is 10.4 Å². The van der Waals surface area contributed by atoms with Gasteiger partial charge >= 0.3 is 0 Å². The number of benzene rings is 1. The smallest absolute Gasteiger partial charge is 0.220 e. The van der Waals surface area contributed by atoms with E-state index in [2.05, 4.69) is 19.2 Å². The first-order chi connectivity index (χ1) is 12.5. The number of rotatable bonds is 5. The van der Waals surface area contributed by atoms with Crippen LogP contribution in [0.5, 0.6) is 0 Å². The van der Waals surface area contributed by atoms with Crippen LogP contribution in [0.1, 0.15) is 64.2 Å². The summed E-state index contributed by atoms with van der Waals surface area (Å²) in [5, 5.41) is 18.0. The highest BCUT2D eigenvalue weighted by molar-refractivity contribution is 5.75. The van der Waals surface area contributed by atoms with Crippen molar-refractivity contribution in [2.75, 3.05) is 0 Å². The van der Waals surface area contributed by atoms with E-state index < -0.39 is 6.10 Å². The molecule has 2 aromatic rings. The molecule has 0 saturated heterocycles. The maximum Gasteiger partial charge on any atom is 0.220 e. The van der Waals surface area contributed by atoms with Crippen molar-refractivity contribution in [2.45, 2.75) is 70.6 Å². The van der Waals surface area contributed by atoms with Crippen LogP contribution in [-0.4, -0.2) is 37.9 Å². The van der Waals surface area contributed by atoms with E-state index in [-0.39, 0.29) is 23.9 Å². The van der Waals surface area contributed by atoms with Gasteiger partial charge in [-0.3, -0.25) is 4.79 Å². The summed E-state index contributed by atoms with van der Waals surface area (Å²) < 4.78 is 1.99. The van der Waals surface area contributed by atoms with Crippen molar-refractivity contribution in [2.24, 2.45) is 0 Å². The maximum atomic E-state index is 11.8. The van der Waals surface area contributed by atoms with E-state index in [9.17, 15) is 9.90 Å². The van der Waals surface area contributed by atoms with E-state index in [4.69, 9.17) is 10.1 Å². The first kappa shape index (κ1) is 18.6. The second-order valence-corrected chi connectivity index (χ2v) is 7.30. The monoisotopic (exact) mass is 356 g/mol. The fourth-order valence-electron chi connectivity index (χ4n) is 3.56. The number of nitrogens with one attached hydrogen (secondary N) is 1. The Morgan fingerprint density at radius 2 is 2.04 bits per heavy atom. The number of amides is 1. The predicted molar refractivity (Wildman–Crippen MR) is 101 cm³/mol. The van der Waals surface area contributed by atoms with Crippen LogP contribution >= 0.6 is 0 Å². The standard InChI is InChI=1S/C20H28N4O2/c1-4-18(26)21-16-12-15(10-11-17(16)25)20-22-19(23-24(20)13(2)3)14-8-6-5-7-9-14/h5-9,13,15-17,25H,4,10-12H2,1-3H3,(H,21,26)/t15-,16+,17+/m0/s1. The van der Waals surface area contributed by atoms with Crippen molar-refractivity contribution in [3.63, 3.8) is 0 Å². The van der Waals surface area contributed by atoms with Gasteiger partial charge in [0.15, 0.2) is 5.82 Å². The highest BCUT2D eigenvalue weighted by Gasteiger charge is 2.34. The molecule has 0 unspecified atom stereocenters. The molecule has 6 heteroatoms. The molecule has 6 nitrogen and oxygen atoms in total. The highest BCUT2D eigenvalue weighted by atomic mass is 16.3. The molecule has 3 atom stereocenters. The number of carbonyl (C=O) groups excluding carboxylic acids is 1. The average molecular weight is 356 g/mol. The lowest BCUT2D eigenvalue weighted by molar-refractivity contribution is -0.122. The van der Waals surface area contributed by atoms with Gasteiger partial charge in [0.25, 0.3) is 0 Å². The number of aliphatic hydroxyl groups excluding tert-OH is 1. The number of carbonyl (C=O) groups is 1. The van der Waals surface area contributed by atoms with Crippen LogP contribution in [0.2, 0.25) is 0 Å². The molecule has 2 N–H and O–H groups in total. The quantitative estimate of drug-likeness (QED) is 0.863. The van der Waals surface area contributed by atoms with E-state index in [0.717, 1.165) is 23.6 Å². The van der Waals surface area contributed by atoms with Crippen LogP contribution in [0.15, 0.2) is 30.3 Å². The number of hydrogen-bond acceptors (Lipinski definition) is 4. The molecule has 3 rings (SSSR count). The maximum absolute atomic E-state index is 11.8. The zero-order chi connectivity index (χ0) is 18.7. The Kier molecular flexibility index (Phi) is 5.71. The lowest BCUT2D eigenvalue weighted by Crippen LogP contribution is -2.46. The van der Waals surface area contributed by atoms with Gasteiger partial charge in [-0.2, -0.15) is 5.10 Å². The van der Waals surface area contributed by atoms with Crippen LogP contribution in [0.4, 0.5) is 0 Å². The summed E-state index contributed by atoms with van der Waals surface area (Å²) in [7, 11) is 0. The minimum atomic E-state index is -0.495. The lowest BCUT2D eigenvalue weighted by atomic mass is 9.83. The molecule has 0 bridgehead atoms. The number of aliphatic hydroxyl groups is 1. The first-order valence-electron chi connectivity index (χ1n) is 9.48. The Morgan fingerprint density at radius 1 is 1.31 bits per heavy atom.